The van der Waals surface area contributed by atoms with E-state index in [0.717, 1.165) is 27.3 Å². The summed E-state index contributed by atoms with van der Waals surface area (Å²) < 4.78 is 0. The molecule has 2 heterocycles. The molecule has 9 nitrogen and oxygen atoms in total. The molecule has 1 aromatic heterocycles. The maximum Gasteiger partial charge on any atom is 0.246 e. The van der Waals surface area contributed by atoms with Crippen LogP contribution < -0.4 is 10.6 Å². The maximum atomic E-state index is 13.8. The number of nitrogens with zero attached hydrogens (tertiary/aromatic N) is 3. The van der Waals surface area contributed by atoms with Gasteiger partial charge in [-0.1, -0.05) is 46.8 Å². The molecule has 0 bridgehead atoms. The van der Waals surface area contributed by atoms with Gasteiger partial charge in [0.1, 0.15) is 17.5 Å². The van der Waals surface area contributed by atoms with Crippen LogP contribution in [0, 0.1) is 29.1 Å². The minimum Gasteiger partial charge on any atom is -0.391 e. The lowest BCUT2D eigenvalue weighted by atomic mass is 9.85. The quantitative estimate of drug-likeness (QED) is 0.447. The summed E-state index contributed by atoms with van der Waals surface area (Å²) in [6, 6.07) is 6.46. The van der Waals surface area contributed by atoms with Crippen molar-refractivity contribution < 1.29 is 19.5 Å². The SMILES string of the molecule is Cc1ncsc1-c1ccc(CNC(=O)C2C[C@@H](O)CN2C(=O)[C@@H](NC(=O)C2(C#N)CC2)C(C)(C)C)c(C(C)C)c1. The molecule has 1 saturated heterocycles. The van der Waals surface area contributed by atoms with Crippen molar-refractivity contribution in [1.29, 1.82) is 5.26 Å². The van der Waals surface area contributed by atoms with Crippen molar-refractivity contribution in [2.75, 3.05) is 6.54 Å². The van der Waals surface area contributed by atoms with Gasteiger partial charge in [0.25, 0.3) is 0 Å². The van der Waals surface area contributed by atoms with Crippen LogP contribution in [0.5, 0.6) is 0 Å². The highest BCUT2D eigenvalue weighted by molar-refractivity contribution is 7.13. The van der Waals surface area contributed by atoms with Crippen LogP contribution in [0.15, 0.2) is 23.7 Å². The fourth-order valence-corrected chi connectivity index (χ4v) is 6.02. The first kappa shape index (κ1) is 29.7. The molecule has 1 aliphatic heterocycles. The second kappa shape index (κ2) is 11.3. The largest absolute Gasteiger partial charge is 0.391 e. The van der Waals surface area contributed by atoms with E-state index in [4.69, 9.17) is 0 Å². The number of aliphatic hydroxyl groups is 1. The van der Waals surface area contributed by atoms with E-state index in [1.54, 1.807) is 11.3 Å². The molecule has 1 unspecified atom stereocenters. The van der Waals surface area contributed by atoms with E-state index in [0.29, 0.717) is 12.8 Å². The summed E-state index contributed by atoms with van der Waals surface area (Å²) in [7, 11) is 0. The first-order valence-corrected chi connectivity index (χ1v) is 14.7. The van der Waals surface area contributed by atoms with Gasteiger partial charge in [0.15, 0.2) is 0 Å². The van der Waals surface area contributed by atoms with Gasteiger partial charge in [-0.15, -0.1) is 11.3 Å². The number of carbonyl (C=O) groups excluding carboxylic acids is 3. The maximum absolute atomic E-state index is 13.8. The predicted molar refractivity (Wildman–Crippen MR) is 153 cm³/mol. The van der Waals surface area contributed by atoms with Crippen molar-refractivity contribution in [3.63, 3.8) is 0 Å². The molecule has 2 aliphatic rings. The minimum atomic E-state index is -1.08. The third-order valence-electron chi connectivity index (χ3n) is 7.88. The van der Waals surface area contributed by atoms with E-state index in [2.05, 4.69) is 41.6 Å². The van der Waals surface area contributed by atoms with Gasteiger partial charge in [0, 0.05) is 19.5 Å². The van der Waals surface area contributed by atoms with Gasteiger partial charge in [0.2, 0.25) is 17.7 Å². The number of hydrogen-bond acceptors (Lipinski definition) is 7. The van der Waals surface area contributed by atoms with Gasteiger partial charge in [0.05, 0.1) is 28.3 Å². The molecule has 0 spiro atoms. The average molecular weight is 566 g/mol. The third kappa shape index (κ3) is 6.06. The van der Waals surface area contributed by atoms with E-state index < -0.39 is 40.8 Å². The summed E-state index contributed by atoms with van der Waals surface area (Å²) in [5.74, 6) is -1.01. The molecular weight excluding hydrogens is 526 g/mol. The Kier molecular flexibility index (Phi) is 8.38. The average Bonchev–Trinajstić information content (AvgIpc) is 3.44. The molecule has 40 heavy (non-hydrogen) atoms. The number of aromatic nitrogens is 1. The molecule has 3 amide bonds. The van der Waals surface area contributed by atoms with Crippen molar-refractivity contribution >= 4 is 29.1 Å². The molecule has 10 heteroatoms. The molecular formula is C30H39N5O4S. The lowest BCUT2D eigenvalue weighted by molar-refractivity contribution is -0.144. The van der Waals surface area contributed by atoms with E-state index in [9.17, 15) is 24.8 Å². The van der Waals surface area contributed by atoms with Crippen LogP contribution in [0.25, 0.3) is 10.4 Å². The zero-order valence-electron chi connectivity index (χ0n) is 24.1. The summed E-state index contributed by atoms with van der Waals surface area (Å²) >= 11 is 1.60. The Bertz CT molecular complexity index is 1330. The summed E-state index contributed by atoms with van der Waals surface area (Å²) in [5.41, 5.74) is 4.26. The molecule has 214 valence electrons. The van der Waals surface area contributed by atoms with E-state index in [-0.39, 0.29) is 31.3 Å². The summed E-state index contributed by atoms with van der Waals surface area (Å²) in [6.07, 6.45) is 0.206. The number of likely N-dealkylation sites (tertiary alicyclic amines) is 1. The zero-order valence-corrected chi connectivity index (χ0v) is 24.9. The minimum absolute atomic E-state index is 0.00288. The Hall–Kier alpha value is -3.29. The number of aryl methyl sites for hydroxylation is 1. The van der Waals surface area contributed by atoms with Crippen LogP contribution in [0.3, 0.4) is 0 Å². The standard InChI is InChI=1S/C30H39N5O4S/c1-17(2)22-11-19(24-18(3)33-16-40-24)7-8-20(22)13-32-26(37)23-12-21(36)14-35(23)27(38)25(29(4,5)6)34-28(39)30(15-31)9-10-30/h7-8,11,16-17,21,23,25,36H,9-10,12-14H2,1-6H3,(H,32,37)(H,34,39)/t21-,23?,25-/m1/s1. The second-order valence-electron chi connectivity index (χ2n) is 12.4. The van der Waals surface area contributed by atoms with Gasteiger partial charge in [-0.3, -0.25) is 14.4 Å². The Morgan fingerprint density at radius 2 is 1.98 bits per heavy atom. The molecule has 2 aromatic rings. The molecule has 1 saturated carbocycles. The predicted octanol–water partition coefficient (Wildman–Crippen LogP) is 3.65. The van der Waals surface area contributed by atoms with Crippen LogP contribution in [0.2, 0.25) is 0 Å². The molecule has 3 atom stereocenters. The zero-order chi connectivity index (χ0) is 29.4. The lowest BCUT2D eigenvalue weighted by Gasteiger charge is -2.35. The number of nitriles is 1. The van der Waals surface area contributed by atoms with Crippen LogP contribution in [-0.4, -0.2) is 57.4 Å². The lowest BCUT2D eigenvalue weighted by Crippen LogP contribution is -2.58. The van der Waals surface area contributed by atoms with E-state index in [1.165, 1.54) is 4.90 Å². The monoisotopic (exact) mass is 565 g/mol. The Morgan fingerprint density at radius 1 is 1.27 bits per heavy atom. The van der Waals surface area contributed by atoms with Crippen molar-refractivity contribution in [3.05, 3.63) is 40.5 Å². The van der Waals surface area contributed by atoms with Gasteiger partial charge in [-0.2, -0.15) is 5.26 Å². The molecule has 1 aromatic carbocycles. The third-order valence-corrected chi connectivity index (χ3v) is 8.86. The second-order valence-corrected chi connectivity index (χ2v) is 13.3. The van der Waals surface area contributed by atoms with E-state index in [1.807, 2.05) is 45.3 Å². The number of rotatable bonds is 8. The number of β-amino-alcohol motifs (C(OH)–C–C–N with tert-alkyl or cyclic N) is 1. The summed E-state index contributed by atoms with van der Waals surface area (Å²) in [5, 5.41) is 25.7. The molecule has 0 radical (unpaired) electrons. The summed E-state index contributed by atoms with van der Waals surface area (Å²) in [4.78, 5) is 46.9. The van der Waals surface area contributed by atoms with Crippen molar-refractivity contribution in [1.82, 2.24) is 20.5 Å². The highest BCUT2D eigenvalue weighted by atomic mass is 32.1. The molecule has 1 aliphatic carbocycles. The van der Waals surface area contributed by atoms with Gasteiger partial charge in [-0.05, 0) is 53.9 Å². The number of carbonyl (C=O) groups is 3. The number of thiazole rings is 1. The smallest absolute Gasteiger partial charge is 0.246 e. The molecule has 3 N–H and O–H groups in total. The van der Waals surface area contributed by atoms with Crippen molar-refractivity contribution in [2.24, 2.45) is 10.8 Å². The van der Waals surface area contributed by atoms with Crippen molar-refractivity contribution in [2.45, 2.75) is 91.5 Å². The normalized spacial score (nSPS) is 20.6. The Morgan fingerprint density at radius 3 is 2.52 bits per heavy atom. The first-order chi connectivity index (χ1) is 18.8. The number of nitrogens with one attached hydrogen (secondary N) is 2. The number of benzene rings is 1. The van der Waals surface area contributed by atoms with Crippen LogP contribution >= 0.6 is 11.3 Å². The van der Waals surface area contributed by atoms with Crippen LogP contribution in [-0.2, 0) is 20.9 Å². The Labute approximate surface area is 240 Å². The Balaban J connectivity index is 1.49. The first-order valence-electron chi connectivity index (χ1n) is 13.8. The highest BCUT2D eigenvalue weighted by Gasteiger charge is 2.53. The highest BCUT2D eigenvalue weighted by Crippen LogP contribution is 2.45. The van der Waals surface area contributed by atoms with Crippen molar-refractivity contribution in [3.8, 4) is 16.5 Å². The van der Waals surface area contributed by atoms with Crippen LogP contribution in [0.4, 0.5) is 0 Å². The number of hydrogen-bond donors (Lipinski definition) is 3. The number of aliphatic hydroxyl groups excluding tert-OH is 1. The van der Waals surface area contributed by atoms with Gasteiger partial charge < -0.3 is 20.6 Å². The fourth-order valence-electron chi connectivity index (χ4n) is 5.22. The van der Waals surface area contributed by atoms with Gasteiger partial charge in [-0.25, -0.2) is 4.98 Å². The van der Waals surface area contributed by atoms with E-state index >= 15 is 0 Å². The fraction of sp³-hybridized carbons (Fsp3) is 0.567. The summed E-state index contributed by atoms with van der Waals surface area (Å²) in [6.45, 7) is 12.0. The topological polar surface area (TPSA) is 135 Å². The number of amides is 3. The molecule has 4 rings (SSSR count). The van der Waals surface area contributed by atoms with Gasteiger partial charge >= 0.3 is 0 Å². The molecule has 2 fully saturated rings. The van der Waals surface area contributed by atoms with Crippen LogP contribution in [0.1, 0.15) is 76.6 Å².